The first-order valence-electron chi connectivity index (χ1n) is 7.06. The Morgan fingerprint density at radius 1 is 0.944 bits per heavy atom. The van der Waals surface area contributed by atoms with Gasteiger partial charge in [-0.25, -0.2) is 4.79 Å². The Morgan fingerprint density at radius 2 is 1.39 bits per heavy atom. The molecular weight excluding hydrogens is 233 g/mol. The molecule has 0 aliphatic carbocycles. The van der Waals surface area contributed by atoms with E-state index in [2.05, 4.69) is 5.73 Å². The van der Waals surface area contributed by atoms with Gasteiger partial charge in [0.15, 0.2) is 0 Å². The van der Waals surface area contributed by atoms with Gasteiger partial charge in [0, 0.05) is 0 Å². The Kier molecular flexibility index (Phi) is 11.9. The van der Waals surface area contributed by atoms with Crippen LogP contribution in [0.2, 0.25) is 0 Å². The molecule has 0 rings (SSSR count). The third kappa shape index (κ3) is 11.6. The topological polar surface area (TPSA) is 64.9 Å². The molecule has 0 spiro atoms. The number of carboxylic acids is 1. The maximum atomic E-state index is 12.6. The number of carboxylic acid groups (broad SMARTS) is 1. The van der Waals surface area contributed by atoms with E-state index in [-0.39, 0.29) is 0 Å². The van der Waals surface area contributed by atoms with Gasteiger partial charge in [-0.15, -0.1) is 0 Å². The lowest BCUT2D eigenvalue weighted by Crippen LogP contribution is -2.50. The van der Waals surface area contributed by atoms with Crippen molar-refractivity contribution in [3.8, 4) is 0 Å². The molecule has 0 heterocycles. The van der Waals surface area contributed by atoms with Crippen LogP contribution in [-0.4, -0.2) is 17.6 Å². The van der Waals surface area contributed by atoms with Crippen molar-refractivity contribution in [2.45, 2.75) is 64.2 Å². The highest BCUT2D eigenvalue weighted by atomic mass is 19.1. The molecule has 4 heteroatoms. The Bertz CT molecular complexity index is 242. The van der Waals surface area contributed by atoms with E-state index in [9.17, 15) is 9.18 Å². The van der Waals surface area contributed by atoms with Crippen LogP contribution < -0.4 is 5.73 Å². The molecule has 4 N–H and O–H groups in total. The highest BCUT2D eigenvalue weighted by Gasteiger charge is 2.02. The lowest BCUT2D eigenvalue weighted by Gasteiger charge is -2.00. The highest BCUT2D eigenvalue weighted by Crippen LogP contribution is 2.11. The second-order valence-electron chi connectivity index (χ2n) is 4.68. The average molecular weight is 260 g/mol. The number of allylic oxidation sites excluding steroid dienone is 1. The Balaban J connectivity index is 3.17. The van der Waals surface area contributed by atoms with Gasteiger partial charge in [0.25, 0.3) is 0 Å². The van der Waals surface area contributed by atoms with E-state index in [4.69, 9.17) is 5.11 Å². The van der Waals surface area contributed by atoms with Crippen LogP contribution >= 0.6 is 0 Å². The predicted octanol–water partition coefficient (Wildman–Crippen LogP) is 3.07. The first-order valence-corrected chi connectivity index (χ1v) is 7.06. The maximum absolute atomic E-state index is 12.6. The molecule has 0 aliphatic rings. The summed E-state index contributed by atoms with van der Waals surface area (Å²) in [4.78, 5) is 10.2. The Labute approximate surface area is 109 Å². The van der Waals surface area contributed by atoms with Gasteiger partial charge in [0.2, 0.25) is 5.83 Å². The zero-order chi connectivity index (χ0) is 13.6. The van der Waals surface area contributed by atoms with Crippen molar-refractivity contribution in [2.24, 2.45) is 0 Å². The lowest BCUT2D eigenvalue weighted by molar-refractivity contribution is -0.368. The molecule has 0 aromatic rings. The minimum Gasteiger partial charge on any atom is -0.476 e. The molecule has 0 aromatic heterocycles. The lowest BCUT2D eigenvalue weighted by atomic mass is 10.1. The summed E-state index contributed by atoms with van der Waals surface area (Å²) in [5, 5.41) is 8.30. The van der Waals surface area contributed by atoms with Crippen LogP contribution in [-0.2, 0) is 4.79 Å². The van der Waals surface area contributed by atoms with Crippen LogP contribution in [0, 0.1) is 0 Å². The molecule has 3 nitrogen and oxygen atoms in total. The number of aliphatic carboxylic acids is 1. The third-order valence-electron chi connectivity index (χ3n) is 2.98. The van der Waals surface area contributed by atoms with E-state index in [0.29, 0.717) is 6.42 Å². The van der Waals surface area contributed by atoms with Crippen LogP contribution in [0.4, 0.5) is 4.39 Å². The summed E-state index contributed by atoms with van der Waals surface area (Å²) in [6.07, 6.45) is 12.4. The number of rotatable bonds is 12. The van der Waals surface area contributed by atoms with Crippen molar-refractivity contribution in [2.75, 3.05) is 6.54 Å². The van der Waals surface area contributed by atoms with Crippen LogP contribution in [0.3, 0.4) is 0 Å². The van der Waals surface area contributed by atoms with E-state index in [1.807, 2.05) is 0 Å². The second-order valence-corrected chi connectivity index (χ2v) is 4.68. The van der Waals surface area contributed by atoms with Gasteiger partial charge in [-0.1, -0.05) is 38.5 Å². The van der Waals surface area contributed by atoms with Gasteiger partial charge in [-0.3, -0.25) is 0 Å². The molecule has 0 fully saturated rings. The molecule has 0 saturated carbocycles. The fourth-order valence-corrected chi connectivity index (χ4v) is 1.87. The highest BCUT2D eigenvalue weighted by molar-refractivity contribution is 5.83. The van der Waals surface area contributed by atoms with Gasteiger partial charge in [-0.05, 0) is 31.8 Å². The van der Waals surface area contributed by atoms with E-state index in [1.165, 1.54) is 44.6 Å². The minimum atomic E-state index is -1.46. The normalized spacial score (nSPS) is 11.8. The van der Waals surface area contributed by atoms with Gasteiger partial charge in [-0.2, -0.15) is 4.39 Å². The molecule has 106 valence electrons. The Morgan fingerprint density at radius 3 is 1.83 bits per heavy atom. The first-order chi connectivity index (χ1) is 8.68. The summed E-state index contributed by atoms with van der Waals surface area (Å²) in [6.45, 7) is 1.04. The largest absolute Gasteiger partial charge is 0.476 e. The zero-order valence-electron chi connectivity index (χ0n) is 11.3. The Hall–Kier alpha value is -0.900. The monoisotopic (exact) mass is 260 g/mol. The molecule has 0 aromatic carbocycles. The van der Waals surface area contributed by atoms with Crippen molar-refractivity contribution >= 4 is 5.97 Å². The SMILES string of the molecule is [NH3+]CCCCCCCCCCC/C=C(\F)C(=O)O. The first kappa shape index (κ1) is 17.1. The molecule has 0 amide bonds. The number of unbranched alkanes of at least 4 members (excludes halogenated alkanes) is 9. The van der Waals surface area contributed by atoms with Gasteiger partial charge >= 0.3 is 5.97 Å². The number of carbonyl (C=O) groups is 1. The molecule has 0 atom stereocenters. The van der Waals surface area contributed by atoms with E-state index in [1.54, 1.807) is 0 Å². The molecule has 0 unspecified atom stereocenters. The minimum absolute atomic E-state index is 0.529. The maximum Gasteiger partial charge on any atom is 0.364 e. The third-order valence-corrected chi connectivity index (χ3v) is 2.98. The number of halogens is 1. The number of hydrogen-bond acceptors (Lipinski definition) is 1. The van der Waals surface area contributed by atoms with Crippen molar-refractivity contribution < 1.29 is 20.0 Å². The number of quaternary nitrogens is 1. The average Bonchev–Trinajstić information content (AvgIpc) is 2.35. The van der Waals surface area contributed by atoms with Crippen molar-refractivity contribution in [3.63, 3.8) is 0 Å². The van der Waals surface area contributed by atoms with E-state index in [0.717, 1.165) is 25.8 Å². The summed E-state index contributed by atoms with van der Waals surface area (Å²) in [5.74, 6) is -2.49. The van der Waals surface area contributed by atoms with Crippen LogP contribution in [0.1, 0.15) is 64.2 Å². The van der Waals surface area contributed by atoms with Crippen molar-refractivity contribution in [3.05, 3.63) is 11.9 Å². The van der Waals surface area contributed by atoms with Gasteiger partial charge < -0.3 is 10.8 Å². The molecular formula is C14H27FNO2+. The quantitative estimate of drug-likeness (QED) is 0.418. The van der Waals surface area contributed by atoms with E-state index >= 15 is 0 Å². The van der Waals surface area contributed by atoms with Crippen molar-refractivity contribution in [1.82, 2.24) is 0 Å². The summed E-state index contributed by atoms with van der Waals surface area (Å²) < 4.78 is 12.6. The van der Waals surface area contributed by atoms with E-state index < -0.39 is 11.8 Å². The summed E-state index contributed by atoms with van der Waals surface area (Å²) >= 11 is 0. The fraction of sp³-hybridized carbons (Fsp3) is 0.786. The fourth-order valence-electron chi connectivity index (χ4n) is 1.87. The standard InChI is InChI=1S/C14H26FNO2/c15-13(14(17)18)11-9-7-5-3-1-2-4-6-8-10-12-16/h11H,1-10,12,16H2,(H,17,18)/p+1/b13-11-. The second kappa shape index (κ2) is 12.6. The summed E-state index contributed by atoms with van der Waals surface area (Å²) in [6, 6.07) is 0. The molecule has 0 bridgehead atoms. The molecule has 0 radical (unpaired) electrons. The van der Waals surface area contributed by atoms with Crippen LogP contribution in [0.15, 0.2) is 11.9 Å². The zero-order valence-corrected chi connectivity index (χ0v) is 11.3. The predicted molar refractivity (Wildman–Crippen MR) is 70.8 cm³/mol. The molecule has 18 heavy (non-hydrogen) atoms. The molecule has 0 saturated heterocycles. The van der Waals surface area contributed by atoms with Crippen LogP contribution in [0.5, 0.6) is 0 Å². The van der Waals surface area contributed by atoms with Crippen molar-refractivity contribution in [1.29, 1.82) is 0 Å². The summed E-state index contributed by atoms with van der Waals surface area (Å²) in [5.41, 5.74) is 3.82. The van der Waals surface area contributed by atoms with Gasteiger partial charge in [0.05, 0.1) is 6.54 Å². The van der Waals surface area contributed by atoms with Gasteiger partial charge in [0.1, 0.15) is 0 Å². The molecule has 0 aliphatic heterocycles. The van der Waals surface area contributed by atoms with Crippen LogP contribution in [0.25, 0.3) is 0 Å². The summed E-state index contributed by atoms with van der Waals surface area (Å²) in [7, 11) is 0. The smallest absolute Gasteiger partial charge is 0.364 e. The number of hydrogen-bond donors (Lipinski definition) is 2.